The van der Waals surface area contributed by atoms with E-state index < -0.39 is 0 Å². The Bertz CT molecular complexity index is 441. The first-order valence-electron chi connectivity index (χ1n) is 7.11. The van der Waals surface area contributed by atoms with E-state index in [0.29, 0.717) is 0 Å². The molecule has 2 nitrogen and oxygen atoms in total. The maximum Gasteiger partial charge on any atom is 0.0688 e. The average molecular weight is 261 g/mol. The molecule has 1 fully saturated rings. The molecule has 0 amide bonds. The Morgan fingerprint density at radius 1 is 1.00 bits per heavy atom. The van der Waals surface area contributed by atoms with Gasteiger partial charge in [0.15, 0.2) is 0 Å². The highest BCUT2D eigenvalue weighted by Crippen LogP contribution is 2.30. The molecule has 0 aliphatic carbocycles. The molecule has 1 heterocycles. The van der Waals surface area contributed by atoms with E-state index in [1.807, 2.05) is 0 Å². The molecule has 19 heavy (non-hydrogen) atoms. The summed E-state index contributed by atoms with van der Waals surface area (Å²) in [7, 11) is 0. The van der Waals surface area contributed by atoms with Crippen molar-refractivity contribution in [1.82, 2.24) is 5.32 Å². The second-order valence-corrected chi connectivity index (χ2v) is 7.66. The van der Waals surface area contributed by atoms with Crippen LogP contribution in [0.3, 0.4) is 0 Å². The molecule has 1 unspecified atom stereocenters. The Morgan fingerprint density at radius 3 is 2.05 bits per heavy atom. The molecule has 1 N–H and O–H groups in total. The van der Waals surface area contributed by atoms with Gasteiger partial charge in [-0.1, -0.05) is 45.0 Å². The monoisotopic (exact) mass is 261 g/mol. The van der Waals surface area contributed by atoms with Crippen LogP contribution in [-0.2, 0) is 15.7 Å². The van der Waals surface area contributed by atoms with Crippen LogP contribution < -0.4 is 5.32 Å². The lowest BCUT2D eigenvalue weighted by Crippen LogP contribution is -2.60. The van der Waals surface area contributed by atoms with E-state index >= 15 is 0 Å². The minimum atomic E-state index is -0.0990. The number of ether oxygens (including phenoxy) is 1. The summed E-state index contributed by atoms with van der Waals surface area (Å²) in [6.07, 6.45) is 0. The van der Waals surface area contributed by atoms with Crippen LogP contribution in [0.5, 0.6) is 0 Å². The fraction of sp³-hybridized carbons (Fsp3) is 0.647. The molecule has 1 aliphatic rings. The van der Waals surface area contributed by atoms with E-state index in [1.165, 1.54) is 11.1 Å². The molecule has 1 saturated heterocycles. The fourth-order valence-corrected chi connectivity index (χ4v) is 2.82. The SMILES string of the molecule is CC1(C)COCC(C)(c2ccc(C(C)(C)C)cc2)N1. The third kappa shape index (κ3) is 3.18. The summed E-state index contributed by atoms with van der Waals surface area (Å²) in [4.78, 5) is 0. The Balaban J connectivity index is 2.26. The number of hydrogen-bond acceptors (Lipinski definition) is 2. The summed E-state index contributed by atoms with van der Waals surface area (Å²) in [5.74, 6) is 0. The Morgan fingerprint density at radius 2 is 1.58 bits per heavy atom. The zero-order valence-corrected chi connectivity index (χ0v) is 13.1. The maximum atomic E-state index is 5.79. The standard InChI is InChI=1S/C17H27NO/c1-15(2,3)13-7-9-14(10-8-13)17(6)12-19-11-16(4,5)18-17/h7-10,18H,11-12H2,1-6H3. The van der Waals surface area contributed by atoms with Crippen molar-refractivity contribution in [3.8, 4) is 0 Å². The van der Waals surface area contributed by atoms with Crippen LogP contribution in [0.25, 0.3) is 0 Å². The van der Waals surface area contributed by atoms with Gasteiger partial charge in [-0.3, -0.25) is 5.32 Å². The minimum Gasteiger partial charge on any atom is -0.377 e. The topological polar surface area (TPSA) is 21.3 Å². The van der Waals surface area contributed by atoms with Crippen molar-refractivity contribution in [2.45, 2.75) is 58.0 Å². The Hall–Kier alpha value is -0.860. The van der Waals surface area contributed by atoms with E-state index in [-0.39, 0.29) is 16.5 Å². The zero-order chi connectivity index (χ0) is 14.3. The van der Waals surface area contributed by atoms with Gasteiger partial charge in [0.1, 0.15) is 0 Å². The van der Waals surface area contributed by atoms with Gasteiger partial charge in [0.25, 0.3) is 0 Å². The lowest BCUT2D eigenvalue weighted by Gasteiger charge is -2.44. The first-order chi connectivity index (χ1) is 8.62. The van der Waals surface area contributed by atoms with Gasteiger partial charge in [-0.2, -0.15) is 0 Å². The number of rotatable bonds is 1. The smallest absolute Gasteiger partial charge is 0.0688 e. The van der Waals surface area contributed by atoms with E-state index in [0.717, 1.165) is 13.2 Å². The predicted octanol–water partition coefficient (Wildman–Crippen LogP) is 3.60. The number of nitrogens with one attached hydrogen (secondary N) is 1. The minimum absolute atomic E-state index is 0.0235. The summed E-state index contributed by atoms with van der Waals surface area (Å²) in [5.41, 5.74) is 2.80. The van der Waals surface area contributed by atoms with Crippen LogP contribution in [0, 0.1) is 0 Å². The lowest BCUT2D eigenvalue weighted by atomic mass is 9.83. The molecular formula is C17H27NO. The third-order valence-electron chi connectivity index (χ3n) is 3.86. The first kappa shape index (κ1) is 14.5. The van der Waals surface area contributed by atoms with Gasteiger partial charge in [-0.05, 0) is 37.3 Å². The van der Waals surface area contributed by atoms with Gasteiger partial charge in [0.2, 0.25) is 0 Å². The molecule has 0 aromatic heterocycles. The van der Waals surface area contributed by atoms with E-state index in [2.05, 4.69) is 71.1 Å². The van der Waals surface area contributed by atoms with E-state index in [9.17, 15) is 0 Å². The van der Waals surface area contributed by atoms with Gasteiger partial charge < -0.3 is 4.74 Å². The Kier molecular flexibility index (Phi) is 3.53. The first-order valence-corrected chi connectivity index (χ1v) is 7.11. The largest absolute Gasteiger partial charge is 0.377 e. The molecule has 106 valence electrons. The van der Waals surface area contributed by atoms with Gasteiger partial charge in [-0.15, -0.1) is 0 Å². The number of benzene rings is 1. The molecule has 0 radical (unpaired) electrons. The molecule has 1 atom stereocenters. The quantitative estimate of drug-likeness (QED) is 0.834. The molecule has 1 aromatic rings. The van der Waals surface area contributed by atoms with Crippen molar-refractivity contribution in [2.24, 2.45) is 0 Å². The van der Waals surface area contributed by atoms with Gasteiger partial charge >= 0.3 is 0 Å². The highest BCUT2D eigenvalue weighted by molar-refractivity contribution is 5.32. The highest BCUT2D eigenvalue weighted by Gasteiger charge is 2.37. The molecule has 1 aliphatic heterocycles. The van der Waals surface area contributed by atoms with Crippen LogP contribution in [-0.4, -0.2) is 18.8 Å². The van der Waals surface area contributed by atoms with Crippen molar-refractivity contribution in [3.63, 3.8) is 0 Å². The molecular weight excluding hydrogens is 234 g/mol. The fourth-order valence-electron chi connectivity index (χ4n) is 2.82. The highest BCUT2D eigenvalue weighted by atomic mass is 16.5. The van der Waals surface area contributed by atoms with Crippen LogP contribution >= 0.6 is 0 Å². The number of hydrogen-bond donors (Lipinski definition) is 1. The van der Waals surface area contributed by atoms with Crippen LogP contribution in [0.1, 0.15) is 52.7 Å². The van der Waals surface area contributed by atoms with Crippen LogP contribution in [0.4, 0.5) is 0 Å². The van der Waals surface area contributed by atoms with Crippen molar-refractivity contribution < 1.29 is 4.74 Å². The molecule has 1 aromatic carbocycles. The van der Waals surface area contributed by atoms with Crippen molar-refractivity contribution >= 4 is 0 Å². The van der Waals surface area contributed by atoms with Crippen LogP contribution in [0.2, 0.25) is 0 Å². The van der Waals surface area contributed by atoms with Crippen LogP contribution in [0.15, 0.2) is 24.3 Å². The zero-order valence-electron chi connectivity index (χ0n) is 13.1. The molecule has 2 rings (SSSR count). The summed E-state index contributed by atoms with van der Waals surface area (Å²) < 4.78 is 5.79. The second kappa shape index (κ2) is 4.60. The van der Waals surface area contributed by atoms with E-state index in [4.69, 9.17) is 4.74 Å². The van der Waals surface area contributed by atoms with Gasteiger partial charge in [0, 0.05) is 5.54 Å². The molecule has 0 saturated carbocycles. The van der Waals surface area contributed by atoms with Crippen molar-refractivity contribution in [3.05, 3.63) is 35.4 Å². The normalized spacial score (nSPS) is 27.3. The lowest BCUT2D eigenvalue weighted by molar-refractivity contribution is -0.0264. The summed E-state index contributed by atoms with van der Waals surface area (Å²) in [5, 5.41) is 3.72. The second-order valence-electron chi connectivity index (χ2n) is 7.66. The Labute approximate surface area is 117 Å². The molecule has 0 spiro atoms. The van der Waals surface area contributed by atoms with Gasteiger partial charge in [-0.25, -0.2) is 0 Å². The molecule has 2 heteroatoms. The summed E-state index contributed by atoms with van der Waals surface area (Å²) >= 11 is 0. The van der Waals surface area contributed by atoms with Gasteiger partial charge in [0.05, 0.1) is 18.8 Å². The maximum absolute atomic E-state index is 5.79. The third-order valence-corrected chi connectivity index (χ3v) is 3.86. The van der Waals surface area contributed by atoms with Crippen molar-refractivity contribution in [2.75, 3.05) is 13.2 Å². The molecule has 0 bridgehead atoms. The van der Waals surface area contributed by atoms with Crippen molar-refractivity contribution in [1.29, 1.82) is 0 Å². The summed E-state index contributed by atoms with van der Waals surface area (Å²) in [6, 6.07) is 8.95. The summed E-state index contributed by atoms with van der Waals surface area (Å²) in [6.45, 7) is 14.8. The predicted molar refractivity (Wildman–Crippen MR) is 80.5 cm³/mol. The average Bonchev–Trinajstić information content (AvgIpc) is 2.26. The van der Waals surface area contributed by atoms with E-state index in [1.54, 1.807) is 0 Å². The number of morpholine rings is 1.